The van der Waals surface area contributed by atoms with E-state index in [0.717, 1.165) is 0 Å². The van der Waals surface area contributed by atoms with Crippen LogP contribution in [0, 0.1) is 6.92 Å². The molecule has 1 rings (SSSR count). The molecule has 1 unspecified atom stereocenters. The summed E-state index contributed by atoms with van der Waals surface area (Å²) in [6.07, 6.45) is 0. The Labute approximate surface area is 92.8 Å². The first-order chi connectivity index (χ1) is 7.38. The number of hydrogen-bond acceptors (Lipinski definition) is 3. The van der Waals surface area contributed by atoms with E-state index >= 15 is 0 Å². The number of alkyl halides is 2. The van der Waals surface area contributed by atoms with E-state index in [-0.39, 0.29) is 12.4 Å². The Morgan fingerprint density at radius 3 is 2.62 bits per heavy atom. The molecule has 90 valence electrons. The molecule has 0 radical (unpaired) electrons. The average Bonchev–Trinajstić information content (AvgIpc) is 2.20. The molecule has 0 heterocycles. The molecule has 0 saturated heterocycles. The standard InChI is InChI=1S/C11H15F2NO2/c1-7-4-3-5-8(11(2,14)6-15)9(7)16-10(12)13/h3-5,10,15H,6,14H2,1-2H3. The third kappa shape index (κ3) is 2.68. The number of aliphatic hydroxyl groups is 1. The Hall–Kier alpha value is -1.20. The minimum Gasteiger partial charge on any atom is -0.434 e. The molecular weight excluding hydrogens is 216 g/mol. The van der Waals surface area contributed by atoms with Gasteiger partial charge < -0.3 is 15.6 Å². The number of rotatable bonds is 4. The molecule has 0 aliphatic rings. The van der Waals surface area contributed by atoms with E-state index < -0.39 is 12.2 Å². The van der Waals surface area contributed by atoms with Crippen LogP contribution in [-0.4, -0.2) is 18.3 Å². The fraction of sp³-hybridized carbons (Fsp3) is 0.455. The van der Waals surface area contributed by atoms with E-state index in [9.17, 15) is 8.78 Å². The van der Waals surface area contributed by atoms with Crippen LogP contribution in [-0.2, 0) is 5.54 Å². The Bertz CT molecular complexity index is 367. The lowest BCUT2D eigenvalue weighted by molar-refractivity contribution is -0.0517. The molecule has 3 N–H and O–H groups in total. The van der Waals surface area contributed by atoms with Gasteiger partial charge in [-0.2, -0.15) is 8.78 Å². The second-order valence-corrected chi connectivity index (χ2v) is 3.91. The Morgan fingerprint density at radius 2 is 2.12 bits per heavy atom. The van der Waals surface area contributed by atoms with E-state index in [1.165, 1.54) is 0 Å². The number of ether oxygens (including phenoxy) is 1. The lowest BCUT2D eigenvalue weighted by atomic mass is 9.92. The van der Waals surface area contributed by atoms with Crippen LogP contribution in [0.2, 0.25) is 0 Å². The maximum atomic E-state index is 12.2. The van der Waals surface area contributed by atoms with Crippen molar-refractivity contribution in [1.29, 1.82) is 0 Å². The predicted octanol–water partition coefficient (Wildman–Crippen LogP) is 1.76. The van der Waals surface area contributed by atoms with Crippen molar-refractivity contribution < 1.29 is 18.6 Å². The molecule has 0 spiro atoms. The maximum Gasteiger partial charge on any atom is 0.387 e. The second kappa shape index (κ2) is 4.76. The Kier molecular flexibility index (Phi) is 3.83. The van der Waals surface area contributed by atoms with Gasteiger partial charge in [-0.3, -0.25) is 0 Å². The number of nitrogens with two attached hydrogens (primary N) is 1. The number of aliphatic hydroxyl groups excluding tert-OH is 1. The van der Waals surface area contributed by atoms with Gasteiger partial charge in [-0.1, -0.05) is 18.2 Å². The Balaban J connectivity index is 3.22. The zero-order chi connectivity index (χ0) is 12.3. The van der Waals surface area contributed by atoms with Crippen LogP contribution in [0.4, 0.5) is 8.78 Å². The number of aryl methyl sites for hydroxylation is 1. The van der Waals surface area contributed by atoms with Crippen LogP contribution in [0.15, 0.2) is 18.2 Å². The largest absolute Gasteiger partial charge is 0.434 e. The van der Waals surface area contributed by atoms with Crippen molar-refractivity contribution in [2.75, 3.05) is 6.61 Å². The molecule has 3 nitrogen and oxygen atoms in total. The highest BCUT2D eigenvalue weighted by atomic mass is 19.3. The molecule has 1 aromatic rings. The minimum atomic E-state index is -2.91. The summed E-state index contributed by atoms with van der Waals surface area (Å²) in [6, 6.07) is 4.90. The van der Waals surface area contributed by atoms with Gasteiger partial charge in [-0.05, 0) is 19.4 Å². The third-order valence-corrected chi connectivity index (χ3v) is 2.36. The number of benzene rings is 1. The summed E-state index contributed by atoms with van der Waals surface area (Å²) >= 11 is 0. The molecular formula is C11H15F2NO2. The zero-order valence-electron chi connectivity index (χ0n) is 9.21. The first kappa shape index (κ1) is 12.9. The van der Waals surface area contributed by atoms with Gasteiger partial charge in [0.2, 0.25) is 0 Å². The van der Waals surface area contributed by atoms with Crippen molar-refractivity contribution in [3.05, 3.63) is 29.3 Å². The van der Waals surface area contributed by atoms with Crippen molar-refractivity contribution in [2.45, 2.75) is 26.0 Å². The highest BCUT2D eigenvalue weighted by Gasteiger charge is 2.26. The maximum absolute atomic E-state index is 12.2. The van der Waals surface area contributed by atoms with Crippen molar-refractivity contribution in [1.82, 2.24) is 0 Å². The summed E-state index contributed by atoms with van der Waals surface area (Å²) in [6.45, 7) is -0.0560. The van der Waals surface area contributed by atoms with Gasteiger partial charge >= 0.3 is 6.61 Å². The number of hydrogen-bond donors (Lipinski definition) is 2. The van der Waals surface area contributed by atoms with Crippen molar-refractivity contribution in [3.8, 4) is 5.75 Å². The summed E-state index contributed by atoms with van der Waals surface area (Å²) in [5, 5.41) is 9.13. The quantitative estimate of drug-likeness (QED) is 0.830. The minimum absolute atomic E-state index is 0.0385. The highest BCUT2D eigenvalue weighted by molar-refractivity contribution is 5.44. The molecule has 5 heteroatoms. The summed E-state index contributed by atoms with van der Waals surface area (Å²) < 4.78 is 28.9. The van der Waals surface area contributed by atoms with Crippen LogP contribution >= 0.6 is 0 Å². The summed E-state index contributed by atoms with van der Waals surface area (Å²) in [5.74, 6) is 0.0385. The van der Waals surface area contributed by atoms with Gasteiger partial charge in [-0.25, -0.2) is 0 Å². The van der Waals surface area contributed by atoms with Gasteiger partial charge in [-0.15, -0.1) is 0 Å². The van der Waals surface area contributed by atoms with Crippen molar-refractivity contribution in [3.63, 3.8) is 0 Å². The smallest absolute Gasteiger partial charge is 0.387 e. The van der Waals surface area contributed by atoms with Gasteiger partial charge in [0.1, 0.15) is 5.75 Å². The number of para-hydroxylation sites is 1. The molecule has 1 atom stereocenters. The zero-order valence-corrected chi connectivity index (χ0v) is 9.21. The van der Waals surface area contributed by atoms with Gasteiger partial charge in [0, 0.05) is 5.56 Å². The fourth-order valence-corrected chi connectivity index (χ4v) is 1.43. The topological polar surface area (TPSA) is 55.5 Å². The van der Waals surface area contributed by atoms with E-state index in [4.69, 9.17) is 10.8 Å². The molecule has 0 amide bonds. The van der Waals surface area contributed by atoms with Crippen LogP contribution in [0.25, 0.3) is 0 Å². The molecule has 16 heavy (non-hydrogen) atoms. The first-order valence-corrected chi connectivity index (χ1v) is 4.83. The predicted molar refractivity (Wildman–Crippen MR) is 56.4 cm³/mol. The molecule has 0 aliphatic carbocycles. The van der Waals surface area contributed by atoms with Crippen molar-refractivity contribution >= 4 is 0 Å². The van der Waals surface area contributed by atoms with E-state index in [2.05, 4.69) is 4.74 Å². The van der Waals surface area contributed by atoms with Gasteiger partial charge in [0.15, 0.2) is 0 Å². The molecule has 0 aliphatic heterocycles. The van der Waals surface area contributed by atoms with Gasteiger partial charge in [0.25, 0.3) is 0 Å². The summed E-state index contributed by atoms with van der Waals surface area (Å²) in [5.41, 5.74) is 5.64. The van der Waals surface area contributed by atoms with Gasteiger partial charge in [0.05, 0.1) is 12.1 Å². The van der Waals surface area contributed by atoms with Crippen LogP contribution < -0.4 is 10.5 Å². The Morgan fingerprint density at radius 1 is 1.50 bits per heavy atom. The van der Waals surface area contributed by atoms with Crippen molar-refractivity contribution in [2.24, 2.45) is 5.73 Å². The SMILES string of the molecule is Cc1cccc(C(C)(N)CO)c1OC(F)F. The summed E-state index contributed by atoms with van der Waals surface area (Å²) in [7, 11) is 0. The highest BCUT2D eigenvalue weighted by Crippen LogP contribution is 2.32. The lowest BCUT2D eigenvalue weighted by Gasteiger charge is -2.25. The monoisotopic (exact) mass is 231 g/mol. The molecule has 0 aromatic heterocycles. The summed E-state index contributed by atoms with van der Waals surface area (Å²) in [4.78, 5) is 0. The molecule has 0 saturated carbocycles. The molecule has 0 bridgehead atoms. The van der Waals surface area contributed by atoms with Crippen LogP contribution in [0.3, 0.4) is 0 Å². The normalized spacial score (nSPS) is 14.9. The lowest BCUT2D eigenvalue weighted by Crippen LogP contribution is -2.37. The van der Waals surface area contributed by atoms with E-state index in [1.807, 2.05) is 0 Å². The first-order valence-electron chi connectivity index (χ1n) is 4.83. The molecule has 1 aromatic carbocycles. The van der Waals surface area contributed by atoms with E-state index in [1.54, 1.807) is 32.0 Å². The van der Waals surface area contributed by atoms with E-state index in [0.29, 0.717) is 11.1 Å². The second-order valence-electron chi connectivity index (χ2n) is 3.91. The van der Waals surface area contributed by atoms with Crippen LogP contribution in [0.5, 0.6) is 5.75 Å². The fourth-order valence-electron chi connectivity index (χ4n) is 1.43. The average molecular weight is 231 g/mol. The third-order valence-electron chi connectivity index (χ3n) is 2.36. The number of halogens is 2. The van der Waals surface area contributed by atoms with Crippen LogP contribution in [0.1, 0.15) is 18.1 Å². The molecule has 0 fully saturated rings.